The van der Waals surface area contributed by atoms with E-state index >= 15 is 0 Å². The highest BCUT2D eigenvalue weighted by atomic mass is 32.2. The number of anilines is 1. The lowest BCUT2D eigenvalue weighted by atomic mass is 9.98. The monoisotopic (exact) mass is 441 g/mol. The molecule has 1 aromatic heterocycles. The molecule has 1 aromatic carbocycles. The molecule has 1 aliphatic rings. The van der Waals surface area contributed by atoms with Gasteiger partial charge in [0.2, 0.25) is 0 Å². The molecule has 0 radical (unpaired) electrons. The highest BCUT2D eigenvalue weighted by Crippen LogP contribution is 2.34. The van der Waals surface area contributed by atoms with Gasteiger partial charge in [0.05, 0.1) is 11.4 Å². The molecule has 0 bridgehead atoms. The summed E-state index contributed by atoms with van der Waals surface area (Å²) in [6, 6.07) is 7.18. The number of amides is 1. The maximum absolute atomic E-state index is 13.6. The SMILES string of the molecule is CS(=O)(=O)c1ccc(/C(=C\[C@H]2C[C@@H](F)[C@@H](F)C2)C(=O)Nc2ccn(CCF)n2)cc1. The van der Waals surface area contributed by atoms with E-state index in [1.807, 2.05) is 0 Å². The number of nitrogens with zero attached hydrogens (tertiary/aromatic N) is 2. The summed E-state index contributed by atoms with van der Waals surface area (Å²) < 4.78 is 64.4. The van der Waals surface area contributed by atoms with Crippen molar-refractivity contribution in [2.24, 2.45) is 5.92 Å². The van der Waals surface area contributed by atoms with Gasteiger partial charge in [0, 0.05) is 24.1 Å². The molecule has 1 aliphatic carbocycles. The van der Waals surface area contributed by atoms with E-state index in [1.54, 1.807) is 0 Å². The van der Waals surface area contributed by atoms with E-state index in [1.165, 1.54) is 47.3 Å². The minimum absolute atomic E-state index is 0.0372. The first-order valence-electron chi connectivity index (χ1n) is 9.38. The summed E-state index contributed by atoms with van der Waals surface area (Å²) in [5.41, 5.74) is 0.558. The molecular formula is C20H22F3N3O3S. The number of nitrogens with one attached hydrogen (secondary N) is 1. The number of allylic oxidation sites excluding steroid dienone is 1. The zero-order valence-electron chi connectivity index (χ0n) is 16.3. The van der Waals surface area contributed by atoms with Gasteiger partial charge >= 0.3 is 0 Å². The summed E-state index contributed by atoms with van der Waals surface area (Å²) in [5.74, 6) is -0.843. The number of aryl methyl sites for hydroxylation is 1. The number of hydrogen-bond donors (Lipinski definition) is 1. The fourth-order valence-corrected chi connectivity index (χ4v) is 3.98. The molecule has 162 valence electrons. The Kier molecular flexibility index (Phi) is 6.64. The minimum atomic E-state index is -3.42. The van der Waals surface area contributed by atoms with Crippen molar-refractivity contribution in [1.29, 1.82) is 0 Å². The summed E-state index contributed by atoms with van der Waals surface area (Å²) in [7, 11) is -3.42. The Hall–Kier alpha value is -2.62. The van der Waals surface area contributed by atoms with E-state index in [0.29, 0.717) is 5.56 Å². The van der Waals surface area contributed by atoms with Crippen molar-refractivity contribution in [3.05, 3.63) is 48.2 Å². The van der Waals surface area contributed by atoms with Gasteiger partial charge in [0.15, 0.2) is 15.7 Å². The average molecular weight is 441 g/mol. The van der Waals surface area contributed by atoms with E-state index in [2.05, 4.69) is 10.4 Å². The first-order chi connectivity index (χ1) is 14.2. The smallest absolute Gasteiger partial charge is 0.257 e. The number of alkyl halides is 3. The molecule has 0 aliphatic heterocycles. The maximum Gasteiger partial charge on any atom is 0.257 e. The molecule has 1 amide bonds. The van der Waals surface area contributed by atoms with Crippen LogP contribution in [-0.2, 0) is 21.2 Å². The van der Waals surface area contributed by atoms with Gasteiger partial charge in [0.1, 0.15) is 19.0 Å². The van der Waals surface area contributed by atoms with Crippen molar-refractivity contribution in [1.82, 2.24) is 9.78 Å². The molecule has 3 atom stereocenters. The average Bonchev–Trinajstić information content (AvgIpc) is 3.25. The van der Waals surface area contributed by atoms with Crippen LogP contribution in [0.3, 0.4) is 0 Å². The lowest BCUT2D eigenvalue weighted by molar-refractivity contribution is -0.111. The van der Waals surface area contributed by atoms with Gasteiger partial charge in [-0.2, -0.15) is 5.10 Å². The summed E-state index contributed by atoms with van der Waals surface area (Å²) in [6.45, 7) is -0.563. The van der Waals surface area contributed by atoms with Crippen LogP contribution in [0.25, 0.3) is 5.57 Å². The van der Waals surface area contributed by atoms with Gasteiger partial charge in [-0.25, -0.2) is 21.6 Å². The first kappa shape index (κ1) is 22.1. The second-order valence-corrected chi connectivity index (χ2v) is 9.26. The molecule has 1 N–H and O–H groups in total. The van der Waals surface area contributed by atoms with Crippen LogP contribution in [0.2, 0.25) is 0 Å². The summed E-state index contributed by atoms with van der Waals surface area (Å²) in [5, 5.41) is 6.63. The van der Waals surface area contributed by atoms with E-state index in [-0.39, 0.29) is 35.7 Å². The summed E-state index contributed by atoms with van der Waals surface area (Å²) >= 11 is 0. The molecule has 30 heavy (non-hydrogen) atoms. The number of aromatic nitrogens is 2. The third kappa shape index (κ3) is 5.29. The normalized spacial score (nSPS) is 22.3. The van der Waals surface area contributed by atoms with Crippen LogP contribution in [0.1, 0.15) is 18.4 Å². The Morgan fingerprint density at radius 3 is 2.40 bits per heavy atom. The van der Waals surface area contributed by atoms with Crippen molar-refractivity contribution in [2.75, 3.05) is 18.2 Å². The Labute approximate surface area is 172 Å². The lowest BCUT2D eigenvalue weighted by Gasteiger charge is -2.11. The Morgan fingerprint density at radius 1 is 1.20 bits per heavy atom. The van der Waals surface area contributed by atoms with E-state index in [0.717, 1.165) is 6.26 Å². The molecule has 3 rings (SSSR count). The number of hydrogen-bond acceptors (Lipinski definition) is 4. The maximum atomic E-state index is 13.6. The van der Waals surface area contributed by atoms with Gasteiger partial charge in [-0.15, -0.1) is 0 Å². The number of carbonyl (C=O) groups excluding carboxylic acids is 1. The number of halogens is 3. The standard InChI is InChI=1S/C20H22F3N3O3S/c1-30(28,29)15-4-2-14(3-5-15)16(10-13-11-17(22)18(23)12-13)20(27)24-19-6-8-26(25-19)9-7-21/h2-6,8,10,13,17-18H,7,9,11-12H2,1H3,(H,24,25,27)/b16-10+/t13-,17+,18-. The fourth-order valence-electron chi connectivity index (χ4n) is 3.35. The predicted octanol–water partition coefficient (Wildman–Crippen LogP) is 3.36. The van der Waals surface area contributed by atoms with Crippen LogP contribution in [0.15, 0.2) is 47.5 Å². The molecule has 1 saturated carbocycles. The number of carbonyl (C=O) groups is 1. The van der Waals surface area contributed by atoms with Crippen molar-refractivity contribution < 1.29 is 26.4 Å². The predicted molar refractivity (Wildman–Crippen MR) is 107 cm³/mol. The molecule has 0 saturated heterocycles. The lowest BCUT2D eigenvalue weighted by Crippen LogP contribution is -2.15. The van der Waals surface area contributed by atoms with Crippen LogP contribution in [0.5, 0.6) is 0 Å². The first-order valence-corrected chi connectivity index (χ1v) is 11.3. The van der Waals surface area contributed by atoms with Crippen molar-refractivity contribution in [3.8, 4) is 0 Å². The third-order valence-corrected chi connectivity index (χ3v) is 6.01. The van der Waals surface area contributed by atoms with Crippen LogP contribution in [0.4, 0.5) is 19.0 Å². The number of sulfone groups is 1. The summed E-state index contributed by atoms with van der Waals surface area (Å²) in [4.78, 5) is 13.0. The highest BCUT2D eigenvalue weighted by Gasteiger charge is 2.34. The molecule has 1 fully saturated rings. The van der Waals surface area contributed by atoms with Crippen LogP contribution in [0, 0.1) is 5.92 Å². The van der Waals surface area contributed by atoms with Crippen molar-refractivity contribution in [3.63, 3.8) is 0 Å². The fraction of sp³-hybridized carbons (Fsp3) is 0.400. The Morgan fingerprint density at radius 2 is 1.83 bits per heavy atom. The molecule has 1 heterocycles. The minimum Gasteiger partial charge on any atom is -0.305 e. The van der Waals surface area contributed by atoms with Gasteiger partial charge in [0.25, 0.3) is 5.91 Å². The molecule has 6 nitrogen and oxygen atoms in total. The van der Waals surface area contributed by atoms with Gasteiger partial charge in [-0.3, -0.25) is 9.48 Å². The van der Waals surface area contributed by atoms with Crippen molar-refractivity contribution >= 4 is 27.1 Å². The molecule has 10 heteroatoms. The topological polar surface area (TPSA) is 81.1 Å². The van der Waals surface area contributed by atoms with Gasteiger partial charge < -0.3 is 5.32 Å². The zero-order valence-corrected chi connectivity index (χ0v) is 17.1. The highest BCUT2D eigenvalue weighted by molar-refractivity contribution is 7.90. The second-order valence-electron chi connectivity index (χ2n) is 7.25. The van der Waals surface area contributed by atoms with Crippen LogP contribution < -0.4 is 5.32 Å². The number of rotatable bonds is 7. The number of benzene rings is 1. The third-order valence-electron chi connectivity index (χ3n) is 4.88. The molecule has 0 spiro atoms. The quantitative estimate of drug-likeness (QED) is 0.668. The Balaban J connectivity index is 1.89. The van der Waals surface area contributed by atoms with Gasteiger partial charge in [-0.1, -0.05) is 18.2 Å². The molecular weight excluding hydrogens is 419 g/mol. The second kappa shape index (κ2) is 9.03. The van der Waals surface area contributed by atoms with Crippen LogP contribution >= 0.6 is 0 Å². The van der Waals surface area contributed by atoms with Crippen LogP contribution in [-0.4, -0.2) is 49.4 Å². The summed E-state index contributed by atoms with van der Waals surface area (Å²) in [6.07, 6.45) is 0.849. The van der Waals surface area contributed by atoms with E-state index < -0.39 is 40.7 Å². The largest absolute Gasteiger partial charge is 0.305 e. The Bertz CT molecular complexity index is 1030. The molecule has 2 aromatic rings. The molecule has 0 unspecified atom stereocenters. The zero-order chi connectivity index (χ0) is 21.9. The van der Waals surface area contributed by atoms with E-state index in [9.17, 15) is 26.4 Å². The van der Waals surface area contributed by atoms with E-state index in [4.69, 9.17) is 0 Å². The van der Waals surface area contributed by atoms with Crippen molar-refractivity contribution in [2.45, 2.75) is 36.6 Å². The van der Waals surface area contributed by atoms with Gasteiger partial charge in [-0.05, 0) is 36.5 Å².